The molecule has 0 heterocycles. The molecule has 2 rings (SSSR count). The fourth-order valence-electron chi connectivity index (χ4n) is 2.08. The first kappa shape index (κ1) is 12.3. The second kappa shape index (κ2) is 4.98. The van der Waals surface area contributed by atoms with Gasteiger partial charge < -0.3 is 5.32 Å². The molecule has 1 aliphatic rings. The van der Waals surface area contributed by atoms with Crippen LogP contribution in [0.2, 0.25) is 0 Å². The summed E-state index contributed by atoms with van der Waals surface area (Å²) < 4.78 is 38.0. The van der Waals surface area contributed by atoms with Gasteiger partial charge in [-0.2, -0.15) is 13.2 Å². The van der Waals surface area contributed by atoms with E-state index in [9.17, 15) is 13.2 Å². The standard InChI is InChI=1S/C13H16F3N/c14-13(15,16)11-6-1-2-7-12(11)17-9-8-10-4-3-5-10/h1-2,6-7,10,17H,3-5,8-9H2. The topological polar surface area (TPSA) is 12.0 Å². The lowest BCUT2D eigenvalue weighted by atomic mass is 9.83. The molecule has 0 spiro atoms. The van der Waals surface area contributed by atoms with Crippen LogP contribution in [0.1, 0.15) is 31.2 Å². The Bertz CT molecular complexity index is 369. The van der Waals surface area contributed by atoms with Crippen molar-refractivity contribution in [3.05, 3.63) is 29.8 Å². The van der Waals surface area contributed by atoms with Gasteiger partial charge in [0.05, 0.1) is 5.56 Å². The van der Waals surface area contributed by atoms with Crippen molar-refractivity contribution in [2.45, 2.75) is 31.9 Å². The monoisotopic (exact) mass is 243 g/mol. The first-order chi connectivity index (χ1) is 8.07. The SMILES string of the molecule is FC(F)(F)c1ccccc1NCCC1CCC1. The van der Waals surface area contributed by atoms with Crippen LogP contribution in [0.3, 0.4) is 0 Å². The number of para-hydroxylation sites is 1. The lowest BCUT2D eigenvalue weighted by Gasteiger charge is -2.25. The van der Waals surface area contributed by atoms with Crippen LogP contribution in [0.4, 0.5) is 18.9 Å². The van der Waals surface area contributed by atoms with Crippen molar-refractivity contribution in [1.29, 1.82) is 0 Å². The van der Waals surface area contributed by atoms with Crippen molar-refractivity contribution in [2.24, 2.45) is 5.92 Å². The molecule has 1 N–H and O–H groups in total. The predicted octanol–water partition coefficient (Wildman–Crippen LogP) is 4.31. The fourth-order valence-corrected chi connectivity index (χ4v) is 2.08. The Morgan fingerprint density at radius 1 is 1.18 bits per heavy atom. The van der Waals surface area contributed by atoms with Gasteiger partial charge in [-0.1, -0.05) is 31.4 Å². The Kier molecular flexibility index (Phi) is 3.60. The van der Waals surface area contributed by atoms with Gasteiger partial charge in [0.1, 0.15) is 0 Å². The number of nitrogens with one attached hydrogen (secondary N) is 1. The van der Waals surface area contributed by atoms with E-state index >= 15 is 0 Å². The Morgan fingerprint density at radius 2 is 1.88 bits per heavy atom. The zero-order chi connectivity index (χ0) is 12.3. The van der Waals surface area contributed by atoms with Gasteiger partial charge in [0.25, 0.3) is 0 Å². The van der Waals surface area contributed by atoms with Gasteiger partial charge in [0.2, 0.25) is 0 Å². The molecule has 0 unspecified atom stereocenters. The van der Waals surface area contributed by atoms with Crippen LogP contribution in [-0.2, 0) is 6.18 Å². The molecule has 0 radical (unpaired) electrons. The third-order valence-corrected chi connectivity index (χ3v) is 3.33. The average molecular weight is 243 g/mol. The highest BCUT2D eigenvalue weighted by atomic mass is 19.4. The van der Waals surface area contributed by atoms with Crippen molar-refractivity contribution < 1.29 is 13.2 Å². The summed E-state index contributed by atoms with van der Waals surface area (Å²) in [5.41, 5.74) is -0.382. The first-order valence-corrected chi connectivity index (χ1v) is 5.97. The van der Waals surface area contributed by atoms with Crippen molar-refractivity contribution in [2.75, 3.05) is 11.9 Å². The van der Waals surface area contributed by atoms with Crippen LogP contribution in [0.15, 0.2) is 24.3 Å². The van der Waals surface area contributed by atoms with E-state index in [0.717, 1.165) is 12.5 Å². The number of anilines is 1. The van der Waals surface area contributed by atoms with E-state index < -0.39 is 11.7 Å². The van der Waals surface area contributed by atoms with Gasteiger partial charge in [-0.05, 0) is 24.5 Å². The number of benzene rings is 1. The summed E-state index contributed by atoms with van der Waals surface area (Å²) in [6.07, 6.45) is 0.404. The molecular weight excluding hydrogens is 227 g/mol. The first-order valence-electron chi connectivity index (χ1n) is 5.97. The van der Waals surface area contributed by atoms with Crippen LogP contribution < -0.4 is 5.32 Å². The maximum atomic E-state index is 12.7. The van der Waals surface area contributed by atoms with Gasteiger partial charge in [0, 0.05) is 12.2 Å². The Balaban J connectivity index is 1.94. The maximum absolute atomic E-state index is 12.7. The molecule has 1 fully saturated rings. The van der Waals surface area contributed by atoms with E-state index in [1.807, 2.05) is 0 Å². The second-order valence-corrected chi connectivity index (χ2v) is 4.56. The molecule has 1 nitrogen and oxygen atoms in total. The van der Waals surface area contributed by atoms with E-state index in [-0.39, 0.29) is 5.69 Å². The molecule has 1 saturated carbocycles. The van der Waals surface area contributed by atoms with Crippen LogP contribution in [0.5, 0.6) is 0 Å². The normalized spacial score (nSPS) is 16.6. The Morgan fingerprint density at radius 3 is 2.47 bits per heavy atom. The maximum Gasteiger partial charge on any atom is 0.418 e. The minimum absolute atomic E-state index is 0.194. The van der Waals surface area contributed by atoms with Crippen molar-refractivity contribution in [1.82, 2.24) is 0 Å². The molecule has 0 amide bonds. The molecule has 1 aromatic carbocycles. The average Bonchev–Trinajstić information content (AvgIpc) is 2.21. The van der Waals surface area contributed by atoms with Gasteiger partial charge >= 0.3 is 6.18 Å². The minimum atomic E-state index is -4.28. The van der Waals surface area contributed by atoms with E-state index in [2.05, 4.69) is 5.32 Å². The van der Waals surface area contributed by atoms with Gasteiger partial charge in [-0.3, -0.25) is 0 Å². The molecule has 0 aromatic heterocycles. The Labute approximate surface area is 99.0 Å². The van der Waals surface area contributed by atoms with Gasteiger partial charge in [0.15, 0.2) is 0 Å². The molecule has 0 atom stereocenters. The summed E-state index contributed by atoms with van der Waals surface area (Å²) in [5, 5.41) is 2.90. The summed E-state index contributed by atoms with van der Waals surface area (Å²) in [7, 11) is 0. The van der Waals surface area contributed by atoms with Crippen LogP contribution in [-0.4, -0.2) is 6.54 Å². The Hall–Kier alpha value is -1.19. The third-order valence-electron chi connectivity index (χ3n) is 3.33. The molecule has 1 aromatic rings. The highest BCUT2D eigenvalue weighted by molar-refractivity contribution is 5.52. The predicted molar refractivity (Wildman–Crippen MR) is 61.9 cm³/mol. The van der Waals surface area contributed by atoms with Crippen molar-refractivity contribution >= 4 is 5.69 Å². The zero-order valence-electron chi connectivity index (χ0n) is 9.56. The number of hydrogen-bond acceptors (Lipinski definition) is 1. The fraction of sp³-hybridized carbons (Fsp3) is 0.538. The second-order valence-electron chi connectivity index (χ2n) is 4.56. The van der Waals surface area contributed by atoms with Crippen LogP contribution >= 0.6 is 0 Å². The van der Waals surface area contributed by atoms with Crippen molar-refractivity contribution in [3.63, 3.8) is 0 Å². The number of hydrogen-bond donors (Lipinski definition) is 1. The van der Waals surface area contributed by atoms with Crippen molar-refractivity contribution in [3.8, 4) is 0 Å². The summed E-state index contributed by atoms with van der Waals surface area (Å²) in [6.45, 7) is 0.623. The molecular formula is C13H16F3N. The number of rotatable bonds is 4. The van der Waals surface area contributed by atoms with E-state index in [1.54, 1.807) is 6.07 Å². The summed E-state index contributed by atoms with van der Waals surface area (Å²) in [4.78, 5) is 0. The molecule has 17 heavy (non-hydrogen) atoms. The number of alkyl halides is 3. The smallest absolute Gasteiger partial charge is 0.385 e. The van der Waals surface area contributed by atoms with E-state index in [4.69, 9.17) is 0 Å². The minimum Gasteiger partial charge on any atom is -0.385 e. The molecule has 4 heteroatoms. The van der Waals surface area contributed by atoms with Gasteiger partial charge in [-0.25, -0.2) is 0 Å². The summed E-state index contributed by atoms with van der Waals surface area (Å²) >= 11 is 0. The van der Waals surface area contributed by atoms with E-state index in [1.165, 1.54) is 31.4 Å². The van der Waals surface area contributed by atoms with Crippen LogP contribution in [0.25, 0.3) is 0 Å². The number of halogens is 3. The third kappa shape index (κ3) is 3.14. The molecule has 0 bridgehead atoms. The lowest BCUT2D eigenvalue weighted by Crippen LogP contribution is -2.17. The molecule has 0 saturated heterocycles. The summed E-state index contributed by atoms with van der Waals surface area (Å²) in [6, 6.07) is 5.65. The van der Waals surface area contributed by atoms with Crippen LogP contribution in [0, 0.1) is 5.92 Å². The lowest BCUT2D eigenvalue weighted by molar-refractivity contribution is -0.136. The molecule has 0 aliphatic heterocycles. The molecule has 1 aliphatic carbocycles. The molecule has 94 valence electrons. The zero-order valence-corrected chi connectivity index (χ0v) is 9.56. The van der Waals surface area contributed by atoms with Gasteiger partial charge in [-0.15, -0.1) is 0 Å². The summed E-state index contributed by atoms with van der Waals surface area (Å²) in [5.74, 6) is 0.709. The quantitative estimate of drug-likeness (QED) is 0.831. The highest BCUT2D eigenvalue weighted by Gasteiger charge is 2.33. The van der Waals surface area contributed by atoms with E-state index in [0.29, 0.717) is 12.5 Å². The largest absolute Gasteiger partial charge is 0.418 e. The highest BCUT2D eigenvalue weighted by Crippen LogP contribution is 2.35.